The Morgan fingerprint density at radius 2 is 2.21 bits per heavy atom. The summed E-state index contributed by atoms with van der Waals surface area (Å²) in [5.74, 6) is 0.252. The van der Waals surface area contributed by atoms with E-state index in [0.717, 1.165) is 32.5 Å². The zero-order chi connectivity index (χ0) is 13.7. The summed E-state index contributed by atoms with van der Waals surface area (Å²) < 4.78 is 0. The van der Waals surface area contributed by atoms with Gasteiger partial charge in [0, 0.05) is 20.1 Å². The number of rotatable bonds is 3. The SMILES string of the molecule is CNC(=O)C1CCCN(Cc2ccc(C#N)cc2)C1. The summed E-state index contributed by atoms with van der Waals surface area (Å²) in [6.07, 6.45) is 2.04. The Bertz CT molecular complexity index is 475. The summed E-state index contributed by atoms with van der Waals surface area (Å²) in [5, 5.41) is 11.5. The molecule has 1 amide bonds. The van der Waals surface area contributed by atoms with Gasteiger partial charge in [0.05, 0.1) is 17.6 Å². The summed E-state index contributed by atoms with van der Waals surface area (Å²) in [6, 6.07) is 9.78. The highest BCUT2D eigenvalue weighted by molar-refractivity contribution is 5.78. The molecule has 1 aliphatic heterocycles. The Balaban J connectivity index is 1.94. The van der Waals surface area contributed by atoms with Crippen molar-refractivity contribution in [2.45, 2.75) is 19.4 Å². The van der Waals surface area contributed by atoms with Crippen LogP contribution in [0.5, 0.6) is 0 Å². The molecule has 1 aromatic rings. The molecule has 100 valence electrons. The first-order valence-electron chi connectivity index (χ1n) is 6.66. The standard InChI is InChI=1S/C15H19N3O/c1-17-15(19)14-3-2-8-18(11-14)10-13-6-4-12(9-16)5-7-13/h4-7,14H,2-3,8,10-11H2,1H3,(H,17,19). The second-order valence-corrected chi connectivity index (χ2v) is 5.00. The Labute approximate surface area is 114 Å². The second kappa shape index (κ2) is 6.35. The highest BCUT2D eigenvalue weighted by Crippen LogP contribution is 2.18. The molecule has 0 aromatic heterocycles. The highest BCUT2D eigenvalue weighted by Gasteiger charge is 2.24. The molecule has 0 radical (unpaired) electrons. The van der Waals surface area contributed by atoms with Crippen molar-refractivity contribution in [1.82, 2.24) is 10.2 Å². The molecule has 1 fully saturated rings. The van der Waals surface area contributed by atoms with Crippen molar-refractivity contribution in [3.8, 4) is 6.07 Å². The first-order chi connectivity index (χ1) is 9.22. The molecule has 0 saturated carbocycles. The third-order valence-corrected chi connectivity index (χ3v) is 3.61. The highest BCUT2D eigenvalue weighted by atomic mass is 16.1. The molecule has 1 saturated heterocycles. The minimum atomic E-state index is 0.108. The summed E-state index contributed by atoms with van der Waals surface area (Å²) in [6.45, 7) is 2.70. The maximum atomic E-state index is 11.7. The van der Waals surface area contributed by atoms with Crippen LogP contribution in [0.25, 0.3) is 0 Å². The third kappa shape index (κ3) is 3.55. The zero-order valence-electron chi connectivity index (χ0n) is 11.2. The van der Waals surface area contributed by atoms with Gasteiger partial charge in [-0.3, -0.25) is 9.69 Å². The van der Waals surface area contributed by atoms with Crippen LogP contribution in [0.15, 0.2) is 24.3 Å². The van der Waals surface area contributed by atoms with Gasteiger partial charge in [0.25, 0.3) is 0 Å². The van der Waals surface area contributed by atoms with E-state index in [2.05, 4.69) is 16.3 Å². The number of likely N-dealkylation sites (tertiary alicyclic amines) is 1. The van der Waals surface area contributed by atoms with Gasteiger partial charge in [-0.25, -0.2) is 0 Å². The van der Waals surface area contributed by atoms with Crippen molar-refractivity contribution in [2.75, 3.05) is 20.1 Å². The van der Waals surface area contributed by atoms with Crippen molar-refractivity contribution >= 4 is 5.91 Å². The molecule has 1 aromatic carbocycles. The van der Waals surface area contributed by atoms with Crippen LogP contribution in [0.1, 0.15) is 24.0 Å². The molecule has 0 bridgehead atoms. The molecule has 4 nitrogen and oxygen atoms in total. The van der Waals surface area contributed by atoms with E-state index in [1.54, 1.807) is 7.05 Å². The number of nitrogens with zero attached hydrogens (tertiary/aromatic N) is 2. The quantitative estimate of drug-likeness (QED) is 0.893. The van der Waals surface area contributed by atoms with Gasteiger partial charge < -0.3 is 5.32 Å². The minimum Gasteiger partial charge on any atom is -0.359 e. The lowest BCUT2D eigenvalue weighted by Gasteiger charge is -2.31. The number of nitriles is 1. The predicted octanol–water partition coefficient (Wildman–Crippen LogP) is 1.52. The first kappa shape index (κ1) is 13.6. The van der Waals surface area contributed by atoms with Crippen LogP contribution in [-0.4, -0.2) is 30.9 Å². The summed E-state index contributed by atoms with van der Waals surface area (Å²) >= 11 is 0. The van der Waals surface area contributed by atoms with Crippen LogP contribution in [0.2, 0.25) is 0 Å². The average Bonchev–Trinajstić information content (AvgIpc) is 2.47. The number of benzene rings is 1. The molecule has 1 N–H and O–H groups in total. The number of nitrogens with one attached hydrogen (secondary N) is 1. The zero-order valence-corrected chi connectivity index (χ0v) is 11.2. The molecule has 2 rings (SSSR count). The molecule has 1 heterocycles. The van der Waals surface area contributed by atoms with Gasteiger partial charge >= 0.3 is 0 Å². The normalized spacial score (nSPS) is 19.7. The van der Waals surface area contributed by atoms with Gasteiger partial charge in [0.2, 0.25) is 5.91 Å². The Morgan fingerprint density at radius 1 is 1.47 bits per heavy atom. The predicted molar refractivity (Wildman–Crippen MR) is 73.2 cm³/mol. The van der Waals surface area contributed by atoms with Gasteiger partial charge in [-0.2, -0.15) is 5.26 Å². The summed E-state index contributed by atoms with van der Waals surface area (Å²) in [7, 11) is 1.70. The molecular weight excluding hydrogens is 238 g/mol. The van der Waals surface area contributed by atoms with E-state index in [0.29, 0.717) is 5.56 Å². The number of amides is 1. The molecule has 0 aliphatic carbocycles. The van der Waals surface area contributed by atoms with Crippen LogP contribution < -0.4 is 5.32 Å². The van der Waals surface area contributed by atoms with E-state index in [1.807, 2.05) is 24.3 Å². The van der Waals surface area contributed by atoms with Crippen molar-refractivity contribution < 1.29 is 4.79 Å². The smallest absolute Gasteiger partial charge is 0.224 e. The fraction of sp³-hybridized carbons (Fsp3) is 0.467. The van der Waals surface area contributed by atoms with E-state index in [-0.39, 0.29) is 11.8 Å². The first-order valence-corrected chi connectivity index (χ1v) is 6.66. The average molecular weight is 257 g/mol. The lowest BCUT2D eigenvalue weighted by Crippen LogP contribution is -2.41. The van der Waals surface area contributed by atoms with E-state index in [9.17, 15) is 4.79 Å². The Hall–Kier alpha value is -1.86. The van der Waals surface area contributed by atoms with Crippen LogP contribution in [0, 0.1) is 17.2 Å². The van der Waals surface area contributed by atoms with E-state index >= 15 is 0 Å². The topological polar surface area (TPSA) is 56.1 Å². The molecule has 4 heteroatoms. The van der Waals surface area contributed by atoms with Crippen molar-refractivity contribution in [1.29, 1.82) is 5.26 Å². The van der Waals surface area contributed by atoms with Crippen molar-refractivity contribution in [3.05, 3.63) is 35.4 Å². The van der Waals surface area contributed by atoms with Crippen LogP contribution in [0.4, 0.5) is 0 Å². The second-order valence-electron chi connectivity index (χ2n) is 5.00. The maximum Gasteiger partial charge on any atom is 0.224 e. The van der Waals surface area contributed by atoms with Crippen molar-refractivity contribution in [3.63, 3.8) is 0 Å². The number of hydrogen-bond donors (Lipinski definition) is 1. The van der Waals surface area contributed by atoms with E-state index in [1.165, 1.54) is 5.56 Å². The number of carbonyl (C=O) groups excluding carboxylic acids is 1. The Kier molecular flexibility index (Phi) is 4.53. The van der Waals surface area contributed by atoms with Crippen LogP contribution in [-0.2, 0) is 11.3 Å². The van der Waals surface area contributed by atoms with Crippen molar-refractivity contribution in [2.24, 2.45) is 5.92 Å². The fourth-order valence-corrected chi connectivity index (χ4v) is 2.56. The van der Waals surface area contributed by atoms with Gasteiger partial charge in [-0.05, 0) is 37.1 Å². The maximum absolute atomic E-state index is 11.7. The molecule has 0 spiro atoms. The number of hydrogen-bond acceptors (Lipinski definition) is 3. The van der Waals surface area contributed by atoms with Gasteiger partial charge in [0.1, 0.15) is 0 Å². The van der Waals surface area contributed by atoms with E-state index < -0.39 is 0 Å². The lowest BCUT2D eigenvalue weighted by molar-refractivity contribution is -0.126. The monoisotopic (exact) mass is 257 g/mol. The van der Waals surface area contributed by atoms with Gasteiger partial charge in [0.15, 0.2) is 0 Å². The molecule has 1 unspecified atom stereocenters. The van der Waals surface area contributed by atoms with Gasteiger partial charge in [-0.1, -0.05) is 12.1 Å². The Morgan fingerprint density at radius 3 is 2.84 bits per heavy atom. The molecule has 1 atom stereocenters. The van der Waals surface area contributed by atoms with Crippen LogP contribution in [0.3, 0.4) is 0 Å². The number of carbonyl (C=O) groups is 1. The van der Waals surface area contributed by atoms with E-state index in [4.69, 9.17) is 5.26 Å². The number of piperidine rings is 1. The third-order valence-electron chi connectivity index (χ3n) is 3.61. The molecular formula is C15H19N3O. The molecule has 19 heavy (non-hydrogen) atoms. The van der Waals surface area contributed by atoms with Gasteiger partial charge in [-0.15, -0.1) is 0 Å². The summed E-state index contributed by atoms with van der Waals surface area (Å²) in [4.78, 5) is 14.0. The lowest BCUT2D eigenvalue weighted by atomic mass is 9.96. The summed E-state index contributed by atoms with van der Waals surface area (Å²) in [5.41, 5.74) is 1.88. The molecule has 1 aliphatic rings. The minimum absolute atomic E-state index is 0.108. The van der Waals surface area contributed by atoms with Crippen LogP contribution >= 0.6 is 0 Å². The largest absolute Gasteiger partial charge is 0.359 e. The fourth-order valence-electron chi connectivity index (χ4n) is 2.56.